The van der Waals surface area contributed by atoms with E-state index in [4.69, 9.17) is 5.73 Å². The van der Waals surface area contributed by atoms with Gasteiger partial charge >= 0.3 is 5.97 Å². The van der Waals surface area contributed by atoms with E-state index in [1.165, 1.54) is 18.1 Å². The summed E-state index contributed by atoms with van der Waals surface area (Å²) in [6, 6.07) is 7.57. The van der Waals surface area contributed by atoms with Gasteiger partial charge in [-0.15, -0.1) is 5.10 Å². The van der Waals surface area contributed by atoms with Gasteiger partial charge in [0.05, 0.1) is 12.8 Å². The molecule has 0 aliphatic carbocycles. The molecule has 0 unspecified atom stereocenters. The molecule has 100 valence electrons. The number of rotatable bonds is 4. The first-order valence-corrected chi connectivity index (χ1v) is 6.02. The van der Waals surface area contributed by atoms with Gasteiger partial charge in [0.15, 0.2) is 0 Å². The van der Waals surface area contributed by atoms with Crippen molar-refractivity contribution in [2.45, 2.75) is 19.4 Å². The van der Waals surface area contributed by atoms with Gasteiger partial charge in [0.1, 0.15) is 6.33 Å². The number of hydrogen-bond acceptors (Lipinski definition) is 5. The highest BCUT2D eigenvalue weighted by Crippen LogP contribution is 2.21. The van der Waals surface area contributed by atoms with E-state index in [-0.39, 0.29) is 11.9 Å². The van der Waals surface area contributed by atoms with E-state index in [1.807, 2.05) is 31.2 Å². The predicted octanol–water partition coefficient (Wildman–Crippen LogP) is 1.46. The molecule has 2 N–H and O–H groups in total. The molecule has 2 rings (SSSR count). The third kappa shape index (κ3) is 2.63. The molecule has 6 nitrogen and oxygen atoms in total. The minimum absolute atomic E-state index is 0.0300. The summed E-state index contributed by atoms with van der Waals surface area (Å²) < 4.78 is 6.12. The topological polar surface area (TPSA) is 83.0 Å². The van der Waals surface area contributed by atoms with Gasteiger partial charge in [-0.05, 0) is 18.1 Å². The van der Waals surface area contributed by atoms with Crippen molar-refractivity contribution in [1.29, 1.82) is 0 Å². The van der Waals surface area contributed by atoms with Gasteiger partial charge in [0.2, 0.25) is 0 Å². The van der Waals surface area contributed by atoms with Gasteiger partial charge in [-0.3, -0.25) is 0 Å². The highest BCUT2D eigenvalue weighted by atomic mass is 16.5. The van der Waals surface area contributed by atoms with Crippen molar-refractivity contribution < 1.29 is 9.53 Å². The predicted molar refractivity (Wildman–Crippen MR) is 69.9 cm³/mol. The molecule has 1 aromatic heterocycles. The molecule has 19 heavy (non-hydrogen) atoms. The normalized spacial score (nSPS) is 12.2. The Morgan fingerprint density at radius 1 is 1.47 bits per heavy atom. The third-order valence-electron chi connectivity index (χ3n) is 2.88. The first-order chi connectivity index (χ1) is 9.17. The van der Waals surface area contributed by atoms with Crippen LogP contribution in [0.5, 0.6) is 0 Å². The lowest BCUT2D eigenvalue weighted by Gasteiger charge is -2.14. The minimum Gasteiger partial charge on any atom is -0.463 e. The molecule has 6 heteroatoms. The van der Waals surface area contributed by atoms with Gasteiger partial charge in [-0.1, -0.05) is 25.1 Å². The summed E-state index contributed by atoms with van der Waals surface area (Å²) in [5, 5.41) is 4.10. The van der Waals surface area contributed by atoms with Crippen molar-refractivity contribution in [3.05, 3.63) is 42.0 Å². The number of methoxy groups -OCH3 is 1. The van der Waals surface area contributed by atoms with Gasteiger partial charge < -0.3 is 10.5 Å². The average Bonchev–Trinajstić information content (AvgIpc) is 2.95. The molecule has 0 aliphatic heterocycles. The summed E-state index contributed by atoms with van der Waals surface area (Å²) in [5.74, 6) is -0.529. The maximum atomic E-state index is 11.3. The largest absolute Gasteiger partial charge is 0.463 e. The lowest BCUT2D eigenvalue weighted by Crippen LogP contribution is -2.13. The molecule has 0 saturated carbocycles. The van der Waals surface area contributed by atoms with Crippen molar-refractivity contribution >= 4 is 5.97 Å². The summed E-state index contributed by atoms with van der Waals surface area (Å²) in [6.07, 6.45) is 2.29. The molecule has 0 spiro atoms. The summed E-state index contributed by atoms with van der Waals surface area (Å²) in [6.45, 7) is 2.02. The summed E-state index contributed by atoms with van der Waals surface area (Å²) in [7, 11) is 1.30. The zero-order chi connectivity index (χ0) is 13.8. The second-order valence-electron chi connectivity index (χ2n) is 4.08. The molecule has 0 saturated heterocycles. The fourth-order valence-corrected chi connectivity index (χ4v) is 1.79. The van der Waals surface area contributed by atoms with Crippen LogP contribution in [0.1, 0.15) is 35.6 Å². The van der Waals surface area contributed by atoms with Crippen LogP contribution in [0.25, 0.3) is 5.69 Å². The van der Waals surface area contributed by atoms with Crippen molar-refractivity contribution in [1.82, 2.24) is 14.8 Å². The Morgan fingerprint density at radius 3 is 2.89 bits per heavy atom. The second kappa shape index (κ2) is 5.62. The number of nitrogens with two attached hydrogens (primary N) is 1. The molecule has 1 atom stereocenters. The maximum Gasteiger partial charge on any atom is 0.377 e. The van der Waals surface area contributed by atoms with Crippen LogP contribution in [0.15, 0.2) is 30.6 Å². The number of aromatic nitrogens is 3. The van der Waals surface area contributed by atoms with E-state index < -0.39 is 5.97 Å². The van der Waals surface area contributed by atoms with E-state index in [2.05, 4.69) is 14.8 Å². The first kappa shape index (κ1) is 13.2. The third-order valence-corrected chi connectivity index (χ3v) is 2.88. The van der Waals surface area contributed by atoms with Gasteiger partial charge in [-0.25, -0.2) is 14.5 Å². The fourth-order valence-electron chi connectivity index (χ4n) is 1.79. The molecule has 0 amide bonds. The van der Waals surface area contributed by atoms with Crippen LogP contribution in [0, 0.1) is 0 Å². The highest BCUT2D eigenvalue weighted by molar-refractivity contribution is 5.84. The molecular formula is C13H16N4O2. The Hall–Kier alpha value is -2.21. The number of esters is 1. The minimum atomic E-state index is -0.559. The fraction of sp³-hybridized carbons (Fsp3) is 0.308. The van der Waals surface area contributed by atoms with Crippen LogP contribution in [-0.4, -0.2) is 27.8 Å². The van der Waals surface area contributed by atoms with E-state index in [1.54, 1.807) is 0 Å². The Bertz CT molecular complexity index is 580. The molecule has 0 aliphatic rings. The molecule has 2 aromatic rings. The van der Waals surface area contributed by atoms with E-state index in [0.717, 1.165) is 17.7 Å². The summed E-state index contributed by atoms with van der Waals surface area (Å²) in [5.41, 5.74) is 7.86. The number of hydrogen-bond donors (Lipinski definition) is 1. The standard InChI is InChI=1S/C13H16N4O2/c1-3-10(14)9-6-4-5-7-11(9)17-8-15-12(16-17)13(18)19-2/h4-8,10H,3,14H2,1-2H3/t10-/m1/s1. The molecule has 0 radical (unpaired) electrons. The number of para-hydroxylation sites is 1. The number of ether oxygens (including phenoxy) is 1. The van der Waals surface area contributed by atoms with Crippen molar-refractivity contribution in [3.8, 4) is 5.69 Å². The SMILES string of the molecule is CC[C@@H](N)c1ccccc1-n1cnc(C(=O)OC)n1. The summed E-state index contributed by atoms with van der Waals surface area (Å²) >= 11 is 0. The van der Waals surface area contributed by atoms with Crippen LogP contribution in [0.2, 0.25) is 0 Å². The molecule has 0 bridgehead atoms. The van der Waals surface area contributed by atoms with Crippen LogP contribution >= 0.6 is 0 Å². The Morgan fingerprint density at radius 2 is 2.21 bits per heavy atom. The van der Waals surface area contributed by atoms with Crippen molar-refractivity contribution in [2.75, 3.05) is 7.11 Å². The van der Waals surface area contributed by atoms with Crippen LogP contribution < -0.4 is 5.73 Å². The number of carbonyl (C=O) groups excluding carboxylic acids is 1. The molecule has 1 aromatic carbocycles. The summed E-state index contributed by atoms with van der Waals surface area (Å²) in [4.78, 5) is 15.3. The zero-order valence-corrected chi connectivity index (χ0v) is 10.9. The van der Waals surface area contributed by atoms with E-state index >= 15 is 0 Å². The monoisotopic (exact) mass is 260 g/mol. The quantitative estimate of drug-likeness (QED) is 0.841. The Kier molecular flexibility index (Phi) is 3.91. The van der Waals surface area contributed by atoms with Crippen LogP contribution in [-0.2, 0) is 4.74 Å². The lowest BCUT2D eigenvalue weighted by molar-refractivity contribution is 0.0587. The van der Waals surface area contributed by atoms with E-state index in [9.17, 15) is 4.79 Å². The van der Waals surface area contributed by atoms with E-state index in [0.29, 0.717) is 0 Å². The van der Waals surface area contributed by atoms with Crippen molar-refractivity contribution in [2.24, 2.45) is 5.73 Å². The van der Waals surface area contributed by atoms with Gasteiger partial charge in [0, 0.05) is 6.04 Å². The number of nitrogens with zero attached hydrogens (tertiary/aromatic N) is 3. The Balaban J connectivity index is 2.42. The second-order valence-corrected chi connectivity index (χ2v) is 4.08. The zero-order valence-electron chi connectivity index (χ0n) is 10.9. The average molecular weight is 260 g/mol. The molecule has 1 heterocycles. The molecule has 0 fully saturated rings. The van der Waals surface area contributed by atoms with Gasteiger partial charge in [0.25, 0.3) is 5.82 Å². The first-order valence-electron chi connectivity index (χ1n) is 6.02. The number of benzene rings is 1. The Labute approximate surface area is 111 Å². The smallest absolute Gasteiger partial charge is 0.377 e. The van der Waals surface area contributed by atoms with Crippen LogP contribution in [0.3, 0.4) is 0 Å². The van der Waals surface area contributed by atoms with Crippen molar-refractivity contribution in [3.63, 3.8) is 0 Å². The maximum absolute atomic E-state index is 11.3. The highest BCUT2D eigenvalue weighted by Gasteiger charge is 2.15. The number of carbonyl (C=O) groups is 1. The van der Waals surface area contributed by atoms with Crippen LogP contribution in [0.4, 0.5) is 0 Å². The molecular weight excluding hydrogens is 244 g/mol. The van der Waals surface area contributed by atoms with Gasteiger partial charge in [-0.2, -0.15) is 0 Å². The lowest BCUT2D eigenvalue weighted by atomic mass is 10.0.